The van der Waals surface area contributed by atoms with Crippen LogP contribution in [0.4, 0.5) is 0 Å². The van der Waals surface area contributed by atoms with Crippen molar-refractivity contribution in [2.75, 3.05) is 0 Å². The predicted molar refractivity (Wildman–Crippen MR) is 131 cm³/mol. The Morgan fingerprint density at radius 1 is 1.06 bits per heavy atom. The number of carbonyl (C=O) groups is 1. The van der Waals surface area contributed by atoms with Crippen molar-refractivity contribution < 1.29 is 13.2 Å². The number of sulfone groups is 1. The molecule has 3 rings (SSSR count). The number of amides is 1. The first-order valence-electron chi connectivity index (χ1n) is 11.0. The van der Waals surface area contributed by atoms with Crippen molar-refractivity contribution in [3.05, 3.63) is 82.6 Å². The topological polar surface area (TPSA) is 72.3 Å². The number of halogens is 1. The zero-order valence-corrected chi connectivity index (χ0v) is 21.0. The second kappa shape index (κ2) is 10.5. The van der Waals surface area contributed by atoms with Gasteiger partial charge in [-0.3, -0.25) is 4.79 Å². The molecule has 0 radical (unpaired) electrons. The van der Waals surface area contributed by atoms with Crippen LogP contribution in [-0.4, -0.2) is 34.8 Å². The Bertz CT molecular complexity index is 1200. The molecular weight excluding hydrogens is 458 g/mol. The molecule has 0 saturated heterocycles. The SMILES string of the molecule is CC(C)Cn1c(CN(C(=O)c2ccccc2)C(C)C)cnc1S(=O)(=O)Cc1cccc(Cl)c1. The second-order valence-electron chi connectivity index (χ2n) is 8.82. The lowest BCUT2D eigenvalue weighted by Crippen LogP contribution is -2.37. The lowest BCUT2D eigenvalue weighted by atomic mass is 10.1. The van der Waals surface area contributed by atoms with E-state index in [1.807, 2.05) is 45.9 Å². The molecule has 1 heterocycles. The molecule has 2 aromatic carbocycles. The third-order valence-electron chi connectivity index (χ3n) is 5.21. The molecule has 0 atom stereocenters. The highest BCUT2D eigenvalue weighted by molar-refractivity contribution is 7.90. The number of rotatable bonds is 9. The number of nitrogens with zero attached hydrogens (tertiary/aromatic N) is 3. The van der Waals surface area contributed by atoms with Crippen LogP contribution in [0.5, 0.6) is 0 Å². The number of hydrogen-bond acceptors (Lipinski definition) is 4. The number of carbonyl (C=O) groups excluding carboxylic acids is 1. The zero-order valence-electron chi connectivity index (χ0n) is 19.4. The second-order valence-corrected chi connectivity index (χ2v) is 11.1. The molecule has 33 heavy (non-hydrogen) atoms. The molecule has 8 heteroatoms. The van der Waals surface area contributed by atoms with Crippen molar-refractivity contribution in [3.63, 3.8) is 0 Å². The summed E-state index contributed by atoms with van der Waals surface area (Å²) in [7, 11) is -3.72. The third kappa shape index (κ3) is 6.24. The zero-order chi connectivity index (χ0) is 24.2. The summed E-state index contributed by atoms with van der Waals surface area (Å²) < 4.78 is 28.3. The first-order chi connectivity index (χ1) is 15.6. The van der Waals surface area contributed by atoms with Gasteiger partial charge in [0.05, 0.1) is 24.2 Å². The van der Waals surface area contributed by atoms with E-state index in [1.165, 1.54) is 0 Å². The molecule has 0 N–H and O–H groups in total. The van der Waals surface area contributed by atoms with E-state index in [1.54, 1.807) is 52.1 Å². The molecule has 0 saturated carbocycles. The average molecular weight is 488 g/mol. The average Bonchev–Trinajstić information content (AvgIpc) is 3.14. The fourth-order valence-corrected chi connectivity index (χ4v) is 5.35. The maximum absolute atomic E-state index is 13.3. The molecule has 0 aliphatic carbocycles. The highest BCUT2D eigenvalue weighted by Crippen LogP contribution is 2.22. The summed E-state index contributed by atoms with van der Waals surface area (Å²) >= 11 is 6.04. The minimum absolute atomic E-state index is 0.0158. The van der Waals surface area contributed by atoms with Gasteiger partial charge in [0.15, 0.2) is 0 Å². The van der Waals surface area contributed by atoms with Crippen LogP contribution in [0.1, 0.15) is 49.3 Å². The minimum atomic E-state index is -3.72. The summed E-state index contributed by atoms with van der Waals surface area (Å²) in [5.41, 5.74) is 1.88. The van der Waals surface area contributed by atoms with E-state index < -0.39 is 9.84 Å². The predicted octanol–water partition coefficient (Wildman–Crippen LogP) is 5.22. The normalized spacial score (nSPS) is 11.8. The standard InChI is InChI=1S/C25H30ClN3O3S/c1-18(2)15-29-23(16-28(19(3)4)24(30)21-10-6-5-7-11-21)14-27-25(29)33(31,32)17-20-9-8-12-22(26)13-20/h5-14,18-19H,15-17H2,1-4H3. The van der Waals surface area contributed by atoms with Gasteiger partial charge < -0.3 is 9.47 Å². The van der Waals surface area contributed by atoms with E-state index in [2.05, 4.69) is 4.98 Å². The largest absolute Gasteiger partial charge is 0.330 e. The van der Waals surface area contributed by atoms with Crippen LogP contribution >= 0.6 is 11.6 Å². The van der Waals surface area contributed by atoms with Gasteiger partial charge in [-0.15, -0.1) is 0 Å². The van der Waals surface area contributed by atoms with Crippen molar-refractivity contribution >= 4 is 27.3 Å². The van der Waals surface area contributed by atoms with Crippen LogP contribution in [0, 0.1) is 5.92 Å². The Morgan fingerprint density at radius 2 is 1.76 bits per heavy atom. The Kier molecular flexibility index (Phi) is 7.97. The van der Waals surface area contributed by atoms with Gasteiger partial charge in [0, 0.05) is 23.2 Å². The highest BCUT2D eigenvalue weighted by atomic mass is 35.5. The maximum Gasteiger partial charge on any atom is 0.254 e. The van der Waals surface area contributed by atoms with Crippen LogP contribution in [0.15, 0.2) is 66.0 Å². The molecule has 3 aromatic rings. The molecule has 0 aliphatic heterocycles. The summed E-state index contributed by atoms with van der Waals surface area (Å²) in [5.74, 6) is -0.111. The number of imidazole rings is 1. The highest BCUT2D eigenvalue weighted by Gasteiger charge is 2.27. The summed E-state index contributed by atoms with van der Waals surface area (Å²) in [6, 6.07) is 15.8. The molecule has 0 bridgehead atoms. The molecule has 1 aromatic heterocycles. The van der Waals surface area contributed by atoms with Gasteiger partial charge in [-0.05, 0) is 49.6 Å². The fourth-order valence-electron chi connectivity index (χ4n) is 3.65. The molecule has 176 valence electrons. The van der Waals surface area contributed by atoms with Gasteiger partial charge in [0.1, 0.15) is 0 Å². The van der Waals surface area contributed by atoms with E-state index in [0.717, 1.165) is 0 Å². The van der Waals surface area contributed by atoms with Crippen LogP contribution in [-0.2, 0) is 28.7 Å². The van der Waals surface area contributed by atoms with Gasteiger partial charge in [-0.25, -0.2) is 13.4 Å². The van der Waals surface area contributed by atoms with Crippen molar-refractivity contribution in [3.8, 4) is 0 Å². The summed E-state index contributed by atoms with van der Waals surface area (Å²) in [5, 5.41) is 0.503. The Labute approximate surface area is 201 Å². The van der Waals surface area contributed by atoms with E-state index in [0.29, 0.717) is 28.4 Å². The fraction of sp³-hybridized carbons (Fsp3) is 0.360. The quantitative estimate of drug-likeness (QED) is 0.415. The summed E-state index contributed by atoms with van der Waals surface area (Å²) in [4.78, 5) is 19.2. The molecule has 0 fully saturated rings. The van der Waals surface area contributed by atoms with Crippen molar-refractivity contribution in [2.24, 2.45) is 5.92 Å². The Morgan fingerprint density at radius 3 is 2.36 bits per heavy atom. The minimum Gasteiger partial charge on any atom is -0.330 e. The van der Waals surface area contributed by atoms with Crippen LogP contribution in [0.3, 0.4) is 0 Å². The summed E-state index contributed by atoms with van der Waals surface area (Å²) in [6.07, 6.45) is 1.57. The Hall–Kier alpha value is -2.64. The molecular formula is C25H30ClN3O3S. The van der Waals surface area contributed by atoms with Crippen LogP contribution in [0.2, 0.25) is 5.02 Å². The van der Waals surface area contributed by atoms with Gasteiger partial charge in [0.25, 0.3) is 5.91 Å². The Balaban J connectivity index is 1.96. The maximum atomic E-state index is 13.3. The van der Waals surface area contributed by atoms with E-state index >= 15 is 0 Å². The summed E-state index contributed by atoms with van der Waals surface area (Å²) in [6.45, 7) is 8.67. The monoisotopic (exact) mass is 487 g/mol. The van der Waals surface area contributed by atoms with E-state index in [9.17, 15) is 13.2 Å². The van der Waals surface area contributed by atoms with Gasteiger partial charge in [0.2, 0.25) is 15.0 Å². The van der Waals surface area contributed by atoms with Gasteiger partial charge in [-0.2, -0.15) is 0 Å². The van der Waals surface area contributed by atoms with E-state index in [4.69, 9.17) is 11.6 Å². The molecule has 0 unspecified atom stereocenters. The molecule has 0 spiro atoms. The lowest BCUT2D eigenvalue weighted by molar-refractivity contribution is 0.0685. The number of benzene rings is 2. The van der Waals surface area contributed by atoms with Crippen molar-refractivity contribution in [2.45, 2.75) is 57.7 Å². The third-order valence-corrected chi connectivity index (χ3v) is 7.04. The first kappa shape index (κ1) is 25.0. The molecule has 0 aliphatic rings. The van der Waals surface area contributed by atoms with E-state index in [-0.39, 0.29) is 35.3 Å². The van der Waals surface area contributed by atoms with Crippen molar-refractivity contribution in [1.82, 2.24) is 14.5 Å². The number of aromatic nitrogens is 2. The van der Waals surface area contributed by atoms with Gasteiger partial charge in [-0.1, -0.05) is 55.8 Å². The van der Waals surface area contributed by atoms with Crippen LogP contribution < -0.4 is 0 Å². The number of hydrogen-bond donors (Lipinski definition) is 0. The van der Waals surface area contributed by atoms with Gasteiger partial charge >= 0.3 is 0 Å². The van der Waals surface area contributed by atoms with Crippen LogP contribution in [0.25, 0.3) is 0 Å². The van der Waals surface area contributed by atoms with Crippen molar-refractivity contribution in [1.29, 1.82) is 0 Å². The smallest absolute Gasteiger partial charge is 0.254 e. The lowest BCUT2D eigenvalue weighted by Gasteiger charge is -2.27. The first-order valence-corrected chi connectivity index (χ1v) is 13.0. The molecule has 6 nitrogen and oxygen atoms in total. The molecule has 1 amide bonds.